The Morgan fingerprint density at radius 2 is 1.90 bits per heavy atom. The van der Waals surface area contributed by atoms with Gasteiger partial charge in [0.25, 0.3) is 0 Å². The molecule has 0 radical (unpaired) electrons. The molecule has 0 bridgehead atoms. The second-order valence-electron chi connectivity index (χ2n) is 4.50. The molecule has 0 aliphatic rings. The van der Waals surface area contributed by atoms with Crippen LogP contribution in [0.5, 0.6) is 0 Å². The fourth-order valence-corrected chi connectivity index (χ4v) is 2.21. The average molecular weight is 316 g/mol. The van der Waals surface area contributed by atoms with Crippen molar-refractivity contribution < 1.29 is 27.9 Å². The van der Waals surface area contributed by atoms with Crippen molar-refractivity contribution in [1.82, 2.24) is 4.72 Å². The summed E-state index contributed by atoms with van der Waals surface area (Å²) in [5, 5.41) is 8.88. The lowest BCUT2D eigenvalue weighted by Crippen LogP contribution is -2.37. The molecule has 0 unspecified atom stereocenters. The summed E-state index contributed by atoms with van der Waals surface area (Å²) >= 11 is 0. The topological polar surface area (TPSA) is 122 Å². The summed E-state index contributed by atoms with van der Waals surface area (Å²) in [5.74, 6) is -1.19. The Labute approximate surface area is 122 Å². The molecule has 21 heavy (non-hydrogen) atoms. The second-order valence-corrected chi connectivity index (χ2v) is 5.91. The SMILES string of the molecule is Cc1ccc(C(=O)O)cc1NS(=O)(=O)NC(=O)OC(C)C. The zero-order valence-corrected chi connectivity index (χ0v) is 12.5. The van der Waals surface area contributed by atoms with E-state index in [-0.39, 0.29) is 11.3 Å². The van der Waals surface area contributed by atoms with E-state index in [1.165, 1.54) is 12.1 Å². The summed E-state index contributed by atoms with van der Waals surface area (Å²) in [6.45, 7) is 4.73. The van der Waals surface area contributed by atoms with Crippen molar-refractivity contribution >= 4 is 28.0 Å². The lowest BCUT2D eigenvalue weighted by molar-refractivity contribution is 0.0696. The molecule has 1 rings (SSSR count). The van der Waals surface area contributed by atoms with Gasteiger partial charge in [0.1, 0.15) is 0 Å². The summed E-state index contributed by atoms with van der Waals surface area (Å²) in [4.78, 5) is 22.1. The summed E-state index contributed by atoms with van der Waals surface area (Å²) < 4.78 is 31.9. The Morgan fingerprint density at radius 3 is 2.43 bits per heavy atom. The maximum absolute atomic E-state index is 11.8. The highest BCUT2D eigenvalue weighted by Crippen LogP contribution is 2.18. The summed E-state index contributed by atoms with van der Waals surface area (Å²) in [6, 6.07) is 3.95. The molecule has 1 aromatic rings. The van der Waals surface area contributed by atoms with Gasteiger partial charge in [-0.3, -0.25) is 4.72 Å². The Balaban J connectivity index is 2.91. The van der Waals surface area contributed by atoms with Crippen molar-refractivity contribution in [1.29, 1.82) is 0 Å². The van der Waals surface area contributed by atoms with Crippen LogP contribution in [0.15, 0.2) is 18.2 Å². The van der Waals surface area contributed by atoms with Gasteiger partial charge in [0, 0.05) is 0 Å². The number of aromatic carboxylic acids is 1. The predicted octanol–water partition coefficient (Wildman–Crippen LogP) is 1.48. The van der Waals surface area contributed by atoms with Crippen LogP contribution in [0, 0.1) is 6.92 Å². The van der Waals surface area contributed by atoms with Crippen molar-refractivity contribution in [2.45, 2.75) is 26.9 Å². The largest absolute Gasteiger partial charge is 0.478 e. The van der Waals surface area contributed by atoms with Gasteiger partial charge in [0.05, 0.1) is 17.4 Å². The molecule has 0 aliphatic carbocycles. The Morgan fingerprint density at radius 1 is 1.29 bits per heavy atom. The van der Waals surface area contributed by atoms with E-state index >= 15 is 0 Å². The van der Waals surface area contributed by atoms with Crippen molar-refractivity contribution in [2.24, 2.45) is 0 Å². The molecular formula is C12H16N2O6S. The molecule has 0 heterocycles. The zero-order chi connectivity index (χ0) is 16.2. The van der Waals surface area contributed by atoms with Crippen LogP contribution in [0.25, 0.3) is 0 Å². The highest BCUT2D eigenvalue weighted by atomic mass is 32.2. The van der Waals surface area contributed by atoms with E-state index in [0.29, 0.717) is 5.56 Å². The maximum atomic E-state index is 11.8. The van der Waals surface area contributed by atoms with Crippen molar-refractivity contribution in [3.05, 3.63) is 29.3 Å². The quantitative estimate of drug-likeness (QED) is 0.756. The first-order chi connectivity index (χ1) is 9.60. The molecule has 8 nitrogen and oxygen atoms in total. The molecule has 116 valence electrons. The van der Waals surface area contributed by atoms with Gasteiger partial charge in [0.15, 0.2) is 0 Å². The van der Waals surface area contributed by atoms with Gasteiger partial charge < -0.3 is 9.84 Å². The molecular weight excluding hydrogens is 300 g/mol. The van der Waals surface area contributed by atoms with E-state index in [0.717, 1.165) is 6.07 Å². The molecule has 0 fully saturated rings. The summed E-state index contributed by atoms with van der Waals surface area (Å²) in [6.07, 6.45) is -1.60. The normalized spacial score (nSPS) is 11.0. The van der Waals surface area contributed by atoms with Crippen molar-refractivity contribution in [3.8, 4) is 0 Å². The fourth-order valence-electron chi connectivity index (χ4n) is 1.38. The van der Waals surface area contributed by atoms with E-state index < -0.39 is 28.4 Å². The number of hydrogen-bond acceptors (Lipinski definition) is 5. The number of carbonyl (C=O) groups excluding carboxylic acids is 1. The maximum Gasteiger partial charge on any atom is 0.422 e. The Hall–Kier alpha value is -2.29. The second kappa shape index (κ2) is 6.44. The van der Waals surface area contributed by atoms with Crippen LogP contribution in [0.1, 0.15) is 29.8 Å². The van der Waals surface area contributed by atoms with Crippen LogP contribution in [0.4, 0.5) is 10.5 Å². The molecule has 0 spiro atoms. The minimum atomic E-state index is -4.21. The number of hydrogen-bond donors (Lipinski definition) is 3. The lowest BCUT2D eigenvalue weighted by Gasteiger charge is -2.13. The zero-order valence-electron chi connectivity index (χ0n) is 11.7. The van der Waals surface area contributed by atoms with E-state index in [2.05, 4.69) is 9.46 Å². The highest BCUT2D eigenvalue weighted by Gasteiger charge is 2.18. The van der Waals surface area contributed by atoms with Gasteiger partial charge in [-0.05, 0) is 38.5 Å². The van der Waals surface area contributed by atoms with E-state index in [4.69, 9.17) is 5.11 Å². The third-order valence-electron chi connectivity index (χ3n) is 2.29. The molecule has 1 aromatic carbocycles. The minimum absolute atomic E-state index is 0.0553. The smallest absolute Gasteiger partial charge is 0.422 e. The van der Waals surface area contributed by atoms with E-state index in [9.17, 15) is 18.0 Å². The van der Waals surface area contributed by atoms with Gasteiger partial charge in [-0.1, -0.05) is 6.07 Å². The van der Waals surface area contributed by atoms with Gasteiger partial charge in [-0.25, -0.2) is 14.3 Å². The van der Waals surface area contributed by atoms with E-state index in [1.54, 1.807) is 25.5 Å². The number of carboxylic acid groups (broad SMARTS) is 1. The molecule has 0 atom stereocenters. The molecule has 1 amide bonds. The first-order valence-electron chi connectivity index (χ1n) is 5.96. The number of amides is 1. The van der Waals surface area contributed by atoms with Crippen LogP contribution in [-0.4, -0.2) is 31.7 Å². The highest BCUT2D eigenvalue weighted by molar-refractivity contribution is 7.91. The standard InChI is InChI=1S/C12H16N2O6S/c1-7(2)20-12(17)14-21(18,19)13-10-6-9(11(15)16)5-4-8(10)3/h4-7,13H,1-3H3,(H,14,17)(H,15,16). The van der Waals surface area contributed by atoms with Gasteiger partial charge >= 0.3 is 22.3 Å². The van der Waals surface area contributed by atoms with Crippen LogP contribution in [0.3, 0.4) is 0 Å². The van der Waals surface area contributed by atoms with E-state index in [1.807, 2.05) is 0 Å². The first-order valence-corrected chi connectivity index (χ1v) is 7.44. The number of nitrogens with one attached hydrogen (secondary N) is 2. The summed E-state index contributed by atoms with van der Waals surface area (Å²) in [5.41, 5.74) is 0.477. The number of rotatable bonds is 5. The number of aryl methyl sites for hydroxylation is 1. The number of benzene rings is 1. The third-order valence-corrected chi connectivity index (χ3v) is 3.21. The molecule has 0 aliphatic heterocycles. The molecule has 9 heteroatoms. The molecule has 3 N–H and O–H groups in total. The van der Waals surface area contributed by atoms with Gasteiger partial charge in [-0.2, -0.15) is 8.42 Å². The lowest BCUT2D eigenvalue weighted by atomic mass is 10.1. The van der Waals surface area contributed by atoms with Crippen LogP contribution in [-0.2, 0) is 14.9 Å². The van der Waals surface area contributed by atoms with Crippen molar-refractivity contribution in [2.75, 3.05) is 4.72 Å². The van der Waals surface area contributed by atoms with Crippen molar-refractivity contribution in [3.63, 3.8) is 0 Å². The third kappa shape index (κ3) is 5.30. The van der Waals surface area contributed by atoms with Crippen LogP contribution < -0.4 is 9.44 Å². The fraction of sp³-hybridized carbons (Fsp3) is 0.333. The molecule has 0 saturated heterocycles. The van der Waals surface area contributed by atoms with Crippen LogP contribution in [0.2, 0.25) is 0 Å². The Kier molecular flexibility index (Phi) is 5.14. The monoisotopic (exact) mass is 316 g/mol. The number of ether oxygens (including phenoxy) is 1. The summed E-state index contributed by atoms with van der Waals surface area (Å²) in [7, 11) is -4.21. The van der Waals surface area contributed by atoms with Crippen LogP contribution >= 0.6 is 0 Å². The average Bonchev–Trinajstić information content (AvgIpc) is 2.29. The number of carbonyl (C=O) groups is 2. The minimum Gasteiger partial charge on any atom is -0.478 e. The first kappa shape index (κ1) is 16.8. The number of carboxylic acids is 1. The van der Waals surface area contributed by atoms with Gasteiger partial charge in [-0.15, -0.1) is 0 Å². The molecule has 0 saturated carbocycles. The van der Waals surface area contributed by atoms with Gasteiger partial charge in [0.2, 0.25) is 0 Å². The molecule has 0 aromatic heterocycles. The predicted molar refractivity (Wildman–Crippen MR) is 75.4 cm³/mol. The Bertz CT molecular complexity index is 654. The number of anilines is 1.